The average molecular weight is 383 g/mol. The molecule has 0 spiro atoms. The molecule has 4 N–H and O–H groups in total. The highest BCUT2D eigenvalue weighted by Crippen LogP contribution is 2.15. The third kappa shape index (κ3) is 9.02. The summed E-state index contributed by atoms with van der Waals surface area (Å²) in [6.07, 6.45) is 1.32. The van der Waals surface area contributed by atoms with Crippen LogP contribution in [-0.2, 0) is 24.0 Å². The monoisotopic (exact) mass is 383 g/mol. The van der Waals surface area contributed by atoms with E-state index >= 15 is 0 Å². The summed E-state index contributed by atoms with van der Waals surface area (Å²) >= 11 is 0. The Balaban J connectivity index is 2.81. The third-order valence-corrected chi connectivity index (χ3v) is 4.16. The Morgan fingerprint density at radius 3 is 1.74 bits per heavy atom. The van der Waals surface area contributed by atoms with Gasteiger partial charge in [0, 0.05) is 19.5 Å². The molecule has 1 rings (SSSR count). The highest BCUT2D eigenvalue weighted by atomic mass is 16.2. The molecule has 1 atom stereocenters. The Morgan fingerprint density at radius 1 is 0.815 bits per heavy atom. The highest BCUT2D eigenvalue weighted by Gasteiger charge is 2.22. The molecule has 0 saturated carbocycles. The van der Waals surface area contributed by atoms with Crippen LogP contribution in [0.3, 0.4) is 0 Å². The number of likely N-dealkylation sites (N-methyl/N-ethyl adjacent to an activating group) is 1. The fourth-order valence-corrected chi connectivity index (χ4v) is 2.63. The minimum atomic E-state index is -0.547. The van der Waals surface area contributed by atoms with E-state index in [1.54, 1.807) is 7.05 Å². The molecular weight excluding hydrogens is 354 g/mol. The second kappa shape index (κ2) is 11.1. The van der Waals surface area contributed by atoms with Crippen LogP contribution >= 0.6 is 0 Å². The number of nitrogens with one attached hydrogen (secondary N) is 4. The van der Waals surface area contributed by atoms with Crippen LogP contribution in [0, 0.1) is 5.92 Å². The normalized spacial score (nSPS) is 21.9. The van der Waals surface area contributed by atoms with E-state index in [1.807, 2.05) is 13.8 Å². The van der Waals surface area contributed by atoms with Gasteiger partial charge in [-0.3, -0.25) is 24.0 Å². The van der Waals surface area contributed by atoms with Crippen molar-refractivity contribution in [1.82, 2.24) is 26.2 Å². The molecule has 0 aromatic rings. The molecule has 27 heavy (non-hydrogen) atoms. The van der Waals surface area contributed by atoms with E-state index in [0.29, 0.717) is 18.8 Å². The van der Waals surface area contributed by atoms with Crippen molar-refractivity contribution in [2.75, 3.05) is 33.2 Å². The molecule has 1 fully saturated rings. The number of carbonyl (C=O) groups is 5. The molecule has 0 aromatic heterocycles. The lowest BCUT2D eigenvalue weighted by molar-refractivity contribution is -0.134. The largest absolute Gasteiger partial charge is 0.347 e. The topological polar surface area (TPSA) is 137 Å². The maximum absolute atomic E-state index is 12.4. The van der Waals surface area contributed by atoms with Gasteiger partial charge < -0.3 is 26.2 Å². The first-order valence-electron chi connectivity index (χ1n) is 9.01. The zero-order chi connectivity index (χ0) is 20.4. The predicted molar refractivity (Wildman–Crippen MR) is 97.3 cm³/mol. The van der Waals surface area contributed by atoms with Gasteiger partial charge in [0.05, 0.1) is 26.2 Å². The number of carbonyl (C=O) groups excluding carboxylic acids is 5. The lowest BCUT2D eigenvalue weighted by Gasteiger charge is -2.29. The summed E-state index contributed by atoms with van der Waals surface area (Å²) in [5.41, 5.74) is 0. The molecule has 1 heterocycles. The maximum atomic E-state index is 12.4. The highest BCUT2D eigenvalue weighted by molar-refractivity contribution is 5.91. The van der Waals surface area contributed by atoms with E-state index in [9.17, 15) is 24.0 Å². The molecule has 10 heteroatoms. The van der Waals surface area contributed by atoms with Crippen LogP contribution in [0.5, 0.6) is 0 Å². The quantitative estimate of drug-likeness (QED) is 0.442. The maximum Gasteiger partial charge on any atom is 0.241 e. The Kier molecular flexibility index (Phi) is 9.24. The van der Waals surface area contributed by atoms with Gasteiger partial charge >= 0.3 is 0 Å². The van der Waals surface area contributed by atoms with Gasteiger partial charge in [-0.2, -0.15) is 0 Å². The summed E-state index contributed by atoms with van der Waals surface area (Å²) in [6.45, 7) is 3.02. The smallest absolute Gasteiger partial charge is 0.241 e. The van der Waals surface area contributed by atoms with Gasteiger partial charge in [-0.1, -0.05) is 13.8 Å². The summed E-state index contributed by atoms with van der Waals surface area (Å²) in [5, 5.41) is 9.64. The van der Waals surface area contributed by atoms with Gasteiger partial charge in [-0.15, -0.1) is 0 Å². The molecule has 1 unspecified atom stereocenters. The van der Waals surface area contributed by atoms with Gasteiger partial charge in [0.2, 0.25) is 29.5 Å². The van der Waals surface area contributed by atoms with Crippen LogP contribution < -0.4 is 21.3 Å². The lowest BCUT2D eigenvalue weighted by atomic mass is 9.98. The summed E-state index contributed by atoms with van der Waals surface area (Å²) < 4.78 is 0. The van der Waals surface area contributed by atoms with Crippen molar-refractivity contribution >= 4 is 29.5 Å². The van der Waals surface area contributed by atoms with Gasteiger partial charge in [-0.05, 0) is 18.8 Å². The van der Waals surface area contributed by atoms with Crippen molar-refractivity contribution in [3.8, 4) is 0 Å². The Bertz CT molecular complexity index is 578. The second-order valence-electron chi connectivity index (χ2n) is 6.93. The van der Waals surface area contributed by atoms with Crippen LogP contribution in [0.1, 0.15) is 33.1 Å². The molecule has 152 valence electrons. The van der Waals surface area contributed by atoms with Crippen LogP contribution in [0.4, 0.5) is 0 Å². The Hall–Kier alpha value is -2.65. The summed E-state index contributed by atoms with van der Waals surface area (Å²) in [7, 11) is 1.64. The zero-order valence-electron chi connectivity index (χ0n) is 16.1. The number of nitrogens with zero attached hydrogens (tertiary/aromatic N) is 1. The predicted octanol–water partition coefficient (Wildman–Crippen LogP) is -1.88. The van der Waals surface area contributed by atoms with Crippen LogP contribution in [0.25, 0.3) is 0 Å². The average Bonchev–Trinajstić information content (AvgIpc) is 2.62. The van der Waals surface area contributed by atoms with E-state index in [2.05, 4.69) is 21.3 Å². The van der Waals surface area contributed by atoms with Crippen molar-refractivity contribution in [2.45, 2.75) is 39.2 Å². The zero-order valence-corrected chi connectivity index (χ0v) is 16.1. The third-order valence-electron chi connectivity index (χ3n) is 4.16. The molecule has 10 nitrogen and oxygen atoms in total. The molecular formula is C17H29N5O5. The van der Waals surface area contributed by atoms with Gasteiger partial charge in [0.1, 0.15) is 0 Å². The van der Waals surface area contributed by atoms with E-state index < -0.39 is 17.7 Å². The van der Waals surface area contributed by atoms with E-state index in [1.165, 1.54) is 4.90 Å². The SMILES string of the molecule is CC(C)CC1CCC(=O)NCC(=O)NCC(=O)NCC(=O)NCC(=O)N1C. The van der Waals surface area contributed by atoms with Crippen molar-refractivity contribution in [3.63, 3.8) is 0 Å². The minimum absolute atomic E-state index is 0.162. The molecule has 5 amide bonds. The number of rotatable bonds is 2. The molecule has 0 bridgehead atoms. The fraction of sp³-hybridized carbons (Fsp3) is 0.706. The van der Waals surface area contributed by atoms with Crippen molar-refractivity contribution < 1.29 is 24.0 Å². The first-order valence-corrected chi connectivity index (χ1v) is 9.01. The first kappa shape index (κ1) is 22.4. The van der Waals surface area contributed by atoms with E-state index in [0.717, 1.165) is 0 Å². The molecule has 1 saturated heterocycles. The van der Waals surface area contributed by atoms with Crippen LogP contribution in [-0.4, -0.2) is 73.7 Å². The molecule has 0 aromatic carbocycles. The minimum Gasteiger partial charge on any atom is -0.347 e. The molecule has 1 aliphatic rings. The second-order valence-corrected chi connectivity index (χ2v) is 6.93. The van der Waals surface area contributed by atoms with Crippen LogP contribution in [0.15, 0.2) is 0 Å². The first-order chi connectivity index (χ1) is 12.7. The Labute approximate surface area is 158 Å². The van der Waals surface area contributed by atoms with Gasteiger partial charge in [-0.25, -0.2) is 0 Å². The molecule has 1 aliphatic heterocycles. The van der Waals surface area contributed by atoms with Crippen molar-refractivity contribution in [3.05, 3.63) is 0 Å². The van der Waals surface area contributed by atoms with E-state index in [-0.39, 0.29) is 50.5 Å². The number of hydrogen-bond donors (Lipinski definition) is 4. The Morgan fingerprint density at radius 2 is 1.26 bits per heavy atom. The fourth-order valence-electron chi connectivity index (χ4n) is 2.63. The number of amides is 5. The van der Waals surface area contributed by atoms with Crippen molar-refractivity contribution in [1.29, 1.82) is 0 Å². The standard InChI is InChI=1S/C17H29N5O5/c1-11(2)6-12-4-5-13(23)18-7-14(24)19-8-15(25)20-9-16(26)21-10-17(27)22(12)3/h11-12H,4-10H2,1-3H3,(H,18,23)(H,19,24)(H,20,25)(H,21,26). The molecule has 0 aliphatic carbocycles. The number of hydrogen-bond acceptors (Lipinski definition) is 5. The van der Waals surface area contributed by atoms with Crippen LogP contribution in [0.2, 0.25) is 0 Å². The summed E-state index contributed by atoms with van der Waals surface area (Å²) in [5.74, 6) is -1.81. The van der Waals surface area contributed by atoms with Crippen molar-refractivity contribution in [2.24, 2.45) is 5.92 Å². The van der Waals surface area contributed by atoms with Gasteiger partial charge in [0.15, 0.2) is 0 Å². The lowest BCUT2D eigenvalue weighted by Crippen LogP contribution is -2.46. The van der Waals surface area contributed by atoms with E-state index in [4.69, 9.17) is 0 Å². The summed E-state index contributed by atoms with van der Waals surface area (Å²) in [4.78, 5) is 60.9. The summed E-state index contributed by atoms with van der Waals surface area (Å²) in [6, 6.07) is -0.163. The van der Waals surface area contributed by atoms with Gasteiger partial charge in [0.25, 0.3) is 0 Å². The molecule has 0 radical (unpaired) electrons.